The molecule has 1 heterocycles. The van der Waals surface area contributed by atoms with E-state index in [1.54, 1.807) is 4.90 Å². The van der Waals surface area contributed by atoms with Crippen molar-refractivity contribution < 1.29 is 38.6 Å². The van der Waals surface area contributed by atoms with Gasteiger partial charge in [-0.2, -0.15) is 0 Å². The van der Waals surface area contributed by atoms with E-state index in [-0.39, 0.29) is 42.2 Å². The zero-order valence-corrected chi connectivity index (χ0v) is 28.8. The molecule has 5 unspecified atom stereocenters. The predicted molar refractivity (Wildman–Crippen MR) is 173 cm³/mol. The first-order valence-corrected chi connectivity index (χ1v) is 17.6. The topological polar surface area (TPSA) is 189 Å². The molecule has 47 heavy (non-hydrogen) atoms. The number of ketones is 1. The van der Waals surface area contributed by atoms with Crippen molar-refractivity contribution in [2.24, 2.45) is 40.7 Å². The number of nitrogens with two attached hydrogens (primary N) is 1. The highest BCUT2D eigenvalue weighted by Crippen LogP contribution is 2.34. The van der Waals surface area contributed by atoms with Crippen LogP contribution in [0.15, 0.2) is 0 Å². The fraction of sp³-hybridized carbons (Fsp3) is 0.853. The maximum Gasteiger partial charge on any atom is 0.508 e. The molecule has 13 heteroatoms. The molecule has 0 bridgehead atoms. The Morgan fingerprint density at radius 2 is 1.57 bits per heavy atom. The van der Waals surface area contributed by atoms with Gasteiger partial charge in [0.15, 0.2) is 6.35 Å². The van der Waals surface area contributed by atoms with Gasteiger partial charge in [0.2, 0.25) is 17.6 Å². The molecule has 4 fully saturated rings. The summed E-state index contributed by atoms with van der Waals surface area (Å²) in [5.74, 6) is -1.67. The Morgan fingerprint density at radius 1 is 0.915 bits per heavy atom. The molecule has 3 saturated carbocycles. The number of rotatable bonds is 17. The van der Waals surface area contributed by atoms with Gasteiger partial charge in [0.25, 0.3) is 5.91 Å². The van der Waals surface area contributed by atoms with Gasteiger partial charge in [0.1, 0.15) is 12.6 Å². The van der Waals surface area contributed by atoms with Gasteiger partial charge in [-0.1, -0.05) is 60.3 Å². The van der Waals surface area contributed by atoms with Crippen LogP contribution in [0.5, 0.6) is 0 Å². The van der Waals surface area contributed by atoms with Gasteiger partial charge in [-0.05, 0) is 73.5 Å². The first-order valence-electron chi connectivity index (χ1n) is 17.6. The summed E-state index contributed by atoms with van der Waals surface area (Å²) in [5, 5.41) is 20.2. The lowest BCUT2D eigenvalue weighted by molar-refractivity contribution is -0.144. The number of hydrogen-bond donors (Lipinski definition) is 5. The standard InChI is InChI=1S/C34H57N5O8/c1-19(2)23-15-26(30(42)36-24(27(40)29(35)41)14-20-8-6-9-20)39(16-23)31(43)28(34(3,4)5)38-32(44)37-25(22-10-7-11-22)18-47-33(45)46-17-21-12-13-21/h19-26,28,32,37-38,44H,6-18H2,1-5H3,(H2,35,41)(H,36,42)/t23-,24?,25?,26?,28?,32?/m1/s1. The van der Waals surface area contributed by atoms with E-state index in [9.17, 15) is 29.1 Å². The van der Waals surface area contributed by atoms with E-state index >= 15 is 0 Å². The highest BCUT2D eigenvalue weighted by atomic mass is 16.7. The number of amides is 3. The average Bonchev–Trinajstić information content (AvgIpc) is 3.66. The Balaban J connectivity index is 1.44. The second-order valence-electron chi connectivity index (χ2n) is 15.7. The Hall–Kier alpha value is -2.77. The van der Waals surface area contributed by atoms with Crippen LogP contribution in [0.2, 0.25) is 0 Å². The number of ether oxygens (including phenoxy) is 2. The van der Waals surface area contributed by atoms with E-state index in [0.29, 0.717) is 31.9 Å². The number of nitrogens with zero attached hydrogens (tertiary/aromatic N) is 1. The summed E-state index contributed by atoms with van der Waals surface area (Å²) in [4.78, 5) is 66.3. The molecule has 0 radical (unpaired) electrons. The second kappa shape index (κ2) is 16.1. The SMILES string of the molecule is CC(C)[C@@H]1CC(C(=O)NC(CC2CCC2)C(=O)C(N)=O)N(C(=O)C(NC(O)NC(COC(=O)OCC2CC2)C2CCC2)C(C)(C)C)C1. The van der Waals surface area contributed by atoms with E-state index in [0.717, 1.165) is 51.4 Å². The number of carbonyl (C=O) groups excluding carboxylic acids is 5. The summed E-state index contributed by atoms with van der Waals surface area (Å²) in [6.07, 6.45) is 6.62. The van der Waals surface area contributed by atoms with Crippen molar-refractivity contribution in [2.75, 3.05) is 19.8 Å². The van der Waals surface area contributed by atoms with Gasteiger partial charge in [-0.15, -0.1) is 0 Å². The molecule has 1 saturated heterocycles. The van der Waals surface area contributed by atoms with E-state index in [2.05, 4.69) is 16.0 Å². The number of aliphatic hydroxyl groups is 1. The molecular formula is C34H57N5O8. The number of aliphatic hydroxyl groups excluding tert-OH is 1. The molecule has 0 aromatic rings. The van der Waals surface area contributed by atoms with E-state index < -0.39 is 53.6 Å². The summed E-state index contributed by atoms with van der Waals surface area (Å²) in [5.41, 5.74) is 4.66. The van der Waals surface area contributed by atoms with Crippen LogP contribution in [0, 0.1) is 35.0 Å². The minimum Gasteiger partial charge on any atom is -0.434 e. The van der Waals surface area contributed by atoms with Crippen molar-refractivity contribution in [2.45, 2.75) is 129 Å². The first kappa shape index (κ1) is 37.1. The van der Waals surface area contributed by atoms with Crippen LogP contribution < -0.4 is 21.7 Å². The zero-order valence-electron chi connectivity index (χ0n) is 28.8. The van der Waals surface area contributed by atoms with Crippen LogP contribution in [0.25, 0.3) is 0 Å². The summed E-state index contributed by atoms with van der Waals surface area (Å²) < 4.78 is 10.6. The second-order valence-corrected chi connectivity index (χ2v) is 15.7. The number of hydrogen-bond acceptors (Lipinski definition) is 10. The molecule has 0 aromatic carbocycles. The Kier molecular flexibility index (Phi) is 12.7. The molecule has 4 rings (SSSR count). The Morgan fingerprint density at radius 3 is 2.09 bits per heavy atom. The first-order chi connectivity index (χ1) is 22.1. The molecule has 6 N–H and O–H groups in total. The van der Waals surface area contributed by atoms with Crippen LogP contribution in [-0.2, 0) is 28.7 Å². The van der Waals surface area contributed by atoms with Gasteiger partial charge in [0.05, 0.1) is 18.7 Å². The monoisotopic (exact) mass is 663 g/mol. The van der Waals surface area contributed by atoms with Crippen molar-refractivity contribution in [1.29, 1.82) is 0 Å². The number of nitrogens with one attached hydrogen (secondary N) is 3. The number of primary amides is 1. The van der Waals surface area contributed by atoms with Crippen LogP contribution in [0.3, 0.4) is 0 Å². The molecule has 3 amide bonds. The molecule has 266 valence electrons. The van der Waals surface area contributed by atoms with Crippen LogP contribution >= 0.6 is 0 Å². The average molecular weight is 664 g/mol. The zero-order chi connectivity index (χ0) is 34.5. The number of Topliss-reactive ketones (excluding diaryl/α,β-unsaturated/α-hetero) is 1. The van der Waals surface area contributed by atoms with E-state index in [1.165, 1.54) is 0 Å². The normalized spacial score (nSPS) is 24.4. The quantitative estimate of drug-likeness (QED) is 0.0877. The molecule has 0 aromatic heterocycles. The predicted octanol–water partition coefficient (Wildman–Crippen LogP) is 2.19. The molecular weight excluding hydrogens is 606 g/mol. The number of likely N-dealkylation sites (tertiary alicyclic amines) is 1. The smallest absolute Gasteiger partial charge is 0.434 e. The maximum atomic E-state index is 14.3. The lowest BCUT2D eigenvalue weighted by Gasteiger charge is -2.39. The fourth-order valence-electron chi connectivity index (χ4n) is 6.68. The van der Waals surface area contributed by atoms with Gasteiger partial charge in [-0.25, -0.2) is 4.79 Å². The summed E-state index contributed by atoms with van der Waals surface area (Å²) in [7, 11) is 0. The molecule has 1 aliphatic heterocycles. The Labute approximate surface area is 278 Å². The number of carbonyl (C=O) groups is 5. The fourth-order valence-corrected chi connectivity index (χ4v) is 6.68. The van der Waals surface area contributed by atoms with Crippen LogP contribution in [0.1, 0.15) is 98.8 Å². The van der Waals surface area contributed by atoms with Crippen molar-refractivity contribution in [1.82, 2.24) is 20.9 Å². The minimum atomic E-state index is -1.31. The molecule has 3 aliphatic carbocycles. The Bertz CT molecular complexity index is 1130. The third-order valence-electron chi connectivity index (χ3n) is 10.6. The highest BCUT2D eigenvalue weighted by molar-refractivity contribution is 6.37. The van der Waals surface area contributed by atoms with Gasteiger partial charge in [0, 0.05) is 12.6 Å². The lowest BCUT2D eigenvalue weighted by atomic mass is 9.80. The molecule has 4 aliphatic rings. The van der Waals surface area contributed by atoms with Crippen LogP contribution in [0.4, 0.5) is 4.79 Å². The summed E-state index contributed by atoms with van der Waals surface area (Å²) in [6, 6.07) is -3.12. The third kappa shape index (κ3) is 10.4. The van der Waals surface area contributed by atoms with Crippen molar-refractivity contribution in [3.8, 4) is 0 Å². The van der Waals surface area contributed by atoms with Crippen molar-refractivity contribution in [3.63, 3.8) is 0 Å². The minimum absolute atomic E-state index is 0.0253. The summed E-state index contributed by atoms with van der Waals surface area (Å²) in [6.45, 7) is 10.4. The largest absolute Gasteiger partial charge is 0.508 e. The molecule has 6 atom stereocenters. The molecule has 13 nitrogen and oxygen atoms in total. The van der Waals surface area contributed by atoms with Gasteiger partial charge >= 0.3 is 6.16 Å². The lowest BCUT2D eigenvalue weighted by Crippen LogP contribution is -2.63. The van der Waals surface area contributed by atoms with E-state index in [1.807, 2.05) is 34.6 Å². The van der Waals surface area contributed by atoms with Crippen molar-refractivity contribution in [3.05, 3.63) is 0 Å². The highest BCUT2D eigenvalue weighted by Gasteiger charge is 2.46. The van der Waals surface area contributed by atoms with Crippen molar-refractivity contribution >= 4 is 29.7 Å². The maximum absolute atomic E-state index is 14.3. The van der Waals surface area contributed by atoms with Crippen LogP contribution in [-0.4, -0.2) is 89.9 Å². The summed E-state index contributed by atoms with van der Waals surface area (Å²) >= 11 is 0. The van der Waals surface area contributed by atoms with E-state index in [4.69, 9.17) is 15.2 Å². The van der Waals surface area contributed by atoms with Gasteiger partial charge < -0.3 is 30.5 Å². The molecule has 0 spiro atoms. The third-order valence-corrected chi connectivity index (χ3v) is 10.6. The van der Waals surface area contributed by atoms with Gasteiger partial charge in [-0.3, -0.25) is 29.8 Å².